The molecule has 0 bridgehead atoms. The minimum atomic E-state index is -0.00548. The third kappa shape index (κ3) is 2.96. The lowest BCUT2D eigenvalue weighted by atomic mass is 9.77. The molecule has 0 saturated carbocycles. The minimum absolute atomic E-state index is 0.00548. The number of aryl methyl sites for hydroxylation is 2. The second-order valence-corrected chi connectivity index (χ2v) is 7.36. The predicted octanol–water partition coefficient (Wildman–Crippen LogP) is 3.30. The molecule has 136 valence electrons. The number of amides is 1. The zero-order valence-electron chi connectivity index (χ0n) is 15.5. The number of ether oxygens (including phenoxy) is 1. The molecule has 1 unspecified atom stereocenters. The van der Waals surface area contributed by atoms with E-state index < -0.39 is 0 Å². The second kappa shape index (κ2) is 6.71. The number of aromatic nitrogens is 2. The topological polar surface area (TPSA) is 55.3 Å². The van der Waals surface area contributed by atoms with Gasteiger partial charge in [-0.3, -0.25) is 4.79 Å². The Morgan fingerprint density at radius 2 is 2.23 bits per heavy atom. The van der Waals surface area contributed by atoms with Crippen molar-refractivity contribution < 1.29 is 9.53 Å². The lowest BCUT2D eigenvalue weighted by Crippen LogP contribution is -2.48. The quantitative estimate of drug-likeness (QED) is 0.851. The summed E-state index contributed by atoms with van der Waals surface area (Å²) < 4.78 is 5.55. The molecule has 26 heavy (non-hydrogen) atoms. The van der Waals surface area contributed by atoms with Gasteiger partial charge in [0.1, 0.15) is 11.6 Å². The molecular formula is C21H25N3O2. The molecule has 1 aromatic carbocycles. The van der Waals surface area contributed by atoms with Gasteiger partial charge < -0.3 is 9.64 Å². The van der Waals surface area contributed by atoms with Crippen molar-refractivity contribution in [1.29, 1.82) is 0 Å². The van der Waals surface area contributed by atoms with Crippen LogP contribution in [-0.2, 0) is 11.8 Å². The van der Waals surface area contributed by atoms with Crippen LogP contribution in [0.1, 0.15) is 53.6 Å². The van der Waals surface area contributed by atoms with E-state index in [4.69, 9.17) is 9.72 Å². The molecule has 5 nitrogen and oxygen atoms in total. The molecule has 5 heteroatoms. The number of piperidine rings is 1. The van der Waals surface area contributed by atoms with Gasteiger partial charge in [0.2, 0.25) is 0 Å². The van der Waals surface area contributed by atoms with E-state index in [1.165, 1.54) is 11.3 Å². The van der Waals surface area contributed by atoms with Crippen molar-refractivity contribution >= 4 is 5.91 Å². The Bertz CT molecular complexity index is 832. The summed E-state index contributed by atoms with van der Waals surface area (Å²) in [6.45, 7) is 6.04. The zero-order valence-corrected chi connectivity index (χ0v) is 15.5. The SMILES string of the molecule is CCOc1cccc(C(=O)N2CCCC3(CCc4cnc(C)nc43)C2)c1. The summed E-state index contributed by atoms with van der Waals surface area (Å²) in [7, 11) is 0. The van der Waals surface area contributed by atoms with E-state index in [0.717, 1.165) is 50.3 Å². The fraction of sp³-hybridized carbons (Fsp3) is 0.476. The van der Waals surface area contributed by atoms with Crippen molar-refractivity contribution in [3.05, 3.63) is 53.1 Å². The number of hydrogen-bond donors (Lipinski definition) is 0. The summed E-state index contributed by atoms with van der Waals surface area (Å²) in [5.74, 6) is 1.65. The van der Waals surface area contributed by atoms with E-state index in [1.807, 2.05) is 49.2 Å². The second-order valence-electron chi connectivity index (χ2n) is 7.36. The normalized spacial score (nSPS) is 21.7. The molecule has 1 amide bonds. The van der Waals surface area contributed by atoms with Crippen LogP contribution in [-0.4, -0.2) is 40.5 Å². The number of nitrogens with zero attached hydrogens (tertiary/aromatic N) is 3. The average Bonchev–Trinajstić information content (AvgIpc) is 2.99. The Kier molecular flexibility index (Phi) is 4.39. The van der Waals surface area contributed by atoms with Gasteiger partial charge >= 0.3 is 0 Å². The summed E-state index contributed by atoms with van der Waals surface area (Å²) in [6.07, 6.45) is 6.15. The zero-order chi connectivity index (χ0) is 18.1. The van der Waals surface area contributed by atoms with E-state index in [-0.39, 0.29) is 11.3 Å². The Labute approximate surface area is 154 Å². The molecule has 1 spiro atoms. The van der Waals surface area contributed by atoms with Gasteiger partial charge in [-0.05, 0) is 63.3 Å². The summed E-state index contributed by atoms with van der Waals surface area (Å²) in [6, 6.07) is 7.51. The van der Waals surface area contributed by atoms with Crippen LogP contribution < -0.4 is 4.74 Å². The molecule has 0 N–H and O–H groups in total. The van der Waals surface area contributed by atoms with Gasteiger partial charge in [0.15, 0.2) is 0 Å². The summed E-state index contributed by atoms with van der Waals surface area (Å²) >= 11 is 0. The Morgan fingerprint density at radius 3 is 3.08 bits per heavy atom. The number of rotatable bonds is 3. The molecule has 1 saturated heterocycles. The minimum Gasteiger partial charge on any atom is -0.494 e. The molecule has 1 aromatic heterocycles. The molecule has 1 aliphatic carbocycles. The van der Waals surface area contributed by atoms with E-state index in [0.29, 0.717) is 12.2 Å². The summed E-state index contributed by atoms with van der Waals surface area (Å²) in [5, 5.41) is 0. The molecule has 2 heterocycles. The molecule has 1 aliphatic heterocycles. The number of fused-ring (bicyclic) bond motifs is 2. The maximum absolute atomic E-state index is 13.1. The van der Waals surface area contributed by atoms with Crippen LogP contribution in [0.15, 0.2) is 30.5 Å². The Balaban J connectivity index is 1.59. The molecule has 2 aliphatic rings. The van der Waals surface area contributed by atoms with E-state index in [1.54, 1.807) is 0 Å². The highest BCUT2D eigenvalue weighted by Crippen LogP contribution is 2.44. The lowest BCUT2D eigenvalue weighted by molar-refractivity contribution is 0.0633. The number of carbonyl (C=O) groups is 1. The average molecular weight is 351 g/mol. The van der Waals surface area contributed by atoms with Gasteiger partial charge in [-0.15, -0.1) is 0 Å². The molecular weight excluding hydrogens is 326 g/mol. The van der Waals surface area contributed by atoms with Crippen LogP contribution in [0.4, 0.5) is 0 Å². The number of hydrogen-bond acceptors (Lipinski definition) is 4. The standard InChI is InChI=1S/C21H25N3O2/c1-3-26-18-7-4-6-16(12-18)20(25)24-11-5-9-21(14-24)10-8-17-13-22-15(2)23-19(17)21/h4,6-7,12-13H,3,5,8-11,14H2,1-2H3. The van der Waals surface area contributed by atoms with Gasteiger partial charge in [-0.25, -0.2) is 9.97 Å². The molecule has 2 aromatic rings. The van der Waals surface area contributed by atoms with Crippen molar-refractivity contribution in [1.82, 2.24) is 14.9 Å². The fourth-order valence-corrected chi connectivity index (χ4v) is 4.40. The van der Waals surface area contributed by atoms with Crippen LogP contribution in [0.5, 0.6) is 5.75 Å². The van der Waals surface area contributed by atoms with Gasteiger partial charge in [0.05, 0.1) is 12.3 Å². The molecule has 4 rings (SSSR count). The largest absolute Gasteiger partial charge is 0.494 e. The number of carbonyl (C=O) groups excluding carboxylic acids is 1. The monoisotopic (exact) mass is 351 g/mol. The van der Waals surface area contributed by atoms with Crippen LogP contribution in [0.3, 0.4) is 0 Å². The Hall–Kier alpha value is -2.43. The third-order valence-electron chi connectivity index (χ3n) is 5.62. The first-order valence-corrected chi connectivity index (χ1v) is 9.46. The van der Waals surface area contributed by atoms with Crippen molar-refractivity contribution in [2.24, 2.45) is 0 Å². The molecule has 1 atom stereocenters. The predicted molar refractivity (Wildman–Crippen MR) is 99.5 cm³/mol. The Morgan fingerprint density at radius 1 is 1.35 bits per heavy atom. The first kappa shape index (κ1) is 17.0. The van der Waals surface area contributed by atoms with Crippen LogP contribution >= 0.6 is 0 Å². The summed E-state index contributed by atoms with van der Waals surface area (Å²) in [4.78, 5) is 24.2. The highest BCUT2D eigenvalue weighted by molar-refractivity contribution is 5.94. The molecule has 0 radical (unpaired) electrons. The highest BCUT2D eigenvalue weighted by Gasteiger charge is 2.44. The maximum Gasteiger partial charge on any atom is 0.254 e. The van der Waals surface area contributed by atoms with Gasteiger partial charge in [-0.1, -0.05) is 6.07 Å². The lowest BCUT2D eigenvalue weighted by Gasteiger charge is -2.40. The first-order valence-electron chi connectivity index (χ1n) is 9.46. The van der Waals surface area contributed by atoms with Crippen LogP contribution in [0, 0.1) is 6.92 Å². The van der Waals surface area contributed by atoms with Crippen LogP contribution in [0.2, 0.25) is 0 Å². The van der Waals surface area contributed by atoms with Crippen molar-refractivity contribution in [3.8, 4) is 5.75 Å². The van der Waals surface area contributed by atoms with Crippen molar-refractivity contribution in [2.75, 3.05) is 19.7 Å². The summed E-state index contributed by atoms with van der Waals surface area (Å²) in [5.41, 5.74) is 3.12. The number of likely N-dealkylation sites (tertiary alicyclic amines) is 1. The van der Waals surface area contributed by atoms with Gasteiger partial charge in [0.25, 0.3) is 5.91 Å². The third-order valence-corrected chi connectivity index (χ3v) is 5.62. The van der Waals surface area contributed by atoms with E-state index in [9.17, 15) is 4.79 Å². The van der Waals surface area contributed by atoms with E-state index in [2.05, 4.69) is 4.98 Å². The maximum atomic E-state index is 13.1. The van der Waals surface area contributed by atoms with Gasteiger partial charge in [-0.2, -0.15) is 0 Å². The highest BCUT2D eigenvalue weighted by atomic mass is 16.5. The first-order chi connectivity index (χ1) is 12.6. The van der Waals surface area contributed by atoms with Gasteiger partial charge in [0, 0.05) is 30.3 Å². The fourth-order valence-electron chi connectivity index (χ4n) is 4.40. The van der Waals surface area contributed by atoms with Crippen LogP contribution in [0.25, 0.3) is 0 Å². The van der Waals surface area contributed by atoms with Crippen molar-refractivity contribution in [2.45, 2.75) is 44.9 Å². The number of benzene rings is 1. The molecule has 1 fully saturated rings. The van der Waals surface area contributed by atoms with E-state index >= 15 is 0 Å². The smallest absolute Gasteiger partial charge is 0.254 e. The van der Waals surface area contributed by atoms with Crippen molar-refractivity contribution in [3.63, 3.8) is 0 Å².